The normalized spacial score (nSPS) is 10.5. The smallest absolute Gasteiger partial charge is 0.0175 e. The van der Waals surface area contributed by atoms with Crippen LogP contribution < -0.4 is 0 Å². The van der Waals surface area contributed by atoms with Crippen molar-refractivity contribution in [2.24, 2.45) is 0 Å². The summed E-state index contributed by atoms with van der Waals surface area (Å²) in [5, 5.41) is 0. The van der Waals surface area contributed by atoms with E-state index in [0.29, 0.717) is 0 Å². The van der Waals surface area contributed by atoms with Crippen LogP contribution in [0.25, 0.3) is 5.57 Å². The quantitative estimate of drug-likeness (QED) is 0.683. The van der Waals surface area contributed by atoms with Crippen molar-refractivity contribution in [1.82, 2.24) is 0 Å². The number of rotatable bonds is 2. The Hall–Kier alpha value is -0.530. The van der Waals surface area contributed by atoms with Gasteiger partial charge in [-0.25, -0.2) is 0 Å². The second-order valence-electron chi connectivity index (χ2n) is 2.32. The maximum absolute atomic E-state index is 5.43. The first kappa shape index (κ1) is 9.56. The third-order valence-electron chi connectivity index (χ3n) is 1.48. The monoisotopic (exact) mass is 242 g/mol. The molecule has 0 radical (unpaired) electrons. The molecule has 0 saturated heterocycles. The van der Waals surface area contributed by atoms with Crippen LogP contribution in [0.3, 0.4) is 0 Å². The van der Waals surface area contributed by atoms with Gasteiger partial charge in [-0.2, -0.15) is 0 Å². The van der Waals surface area contributed by atoms with Crippen LogP contribution in [0.4, 0.5) is 0 Å². The van der Waals surface area contributed by atoms with Gasteiger partial charge in [-0.3, -0.25) is 0 Å². The summed E-state index contributed by atoms with van der Waals surface area (Å²) in [5.74, 6) is 0. The Morgan fingerprint density at radius 1 is 1.33 bits per heavy atom. The molecule has 0 amide bonds. The van der Waals surface area contributed by atoms with Crippen LogP contribution in [0.15, 0.2) is 46.9 Å². The van der Waals surface area contributed by atoms with Crippen LogP contribution in [0.5, 0.6) is 0 Å². The van der Waals surface area contributed by atoms with Gasteiger partial charge in [0.2, 0.25) is 0 Å². The van der Waals surface area contributed by atoms with Crippen molar-refractivity contribution < 1.29 is 0 Å². The number of halogens is 2. The molecule has 0 aliphatic heterocycles. The highest BCUT2D eigenvalue weighted by Gasteiger charge is 1.93. The van der Waals surface area contributed by atoms with Crippen molar-refractivity contribution in [1.29, 1.82) is 0 Å². The van der Waals surface area contributed by atoms with Crippen LogP contribution in [0.2, 0.25) is 0 Å². The van der Waals surface area contributed by atoms with E-state index in [0.717, 1.165) is 15.6 Å². The minimum atomic E-state index is 0.914. The molecule has 0 nitrogen and oxygen atoms in total. The second-order valence-corrected chi connectivity index (χ2v) is 3.49. The van der Waals surface area contributed by atoms with Gasteiger partial charge in [0.25, 0.3) is 0 Å². The molecular weight excluding hydrogens is 235 g/mol. The van der Waals surface area contributed by atoms with E-state index in [9.17, 15) is 0 Å². The summed E-state index contributed by atoms with van der Waals surface area (Å²) in [5.41, 5.74) is 3.46. The second kappa shape index (κ2) is 4.48. The molecule has 1 rings (SSSR count). The standard InChI is InChI=1S/C10H8BrCl/c1-8(6-7-12)9-2-4-10(11)5-3-9/h2-7H,1H2/b7-6+. The molecule has 0 saturated carbocycles. The van der Waals surface area contributed by atoms with Gasteiger partial charge < -0.3 is 0 Å². The number of allylic oxidation sites excluding steroid dienone is 2. The van der Waals surface area contributed by atoms with Crippen molar-refractivity contribution in [3.63, 3.8) is 0 Å². The first-order chi connectivity index (χ1) is 5.74. The largest absolute Gasteiger partial charge is 0.0929 e. The Labute approximate surface area is 85.7 Å². The van der Waals surface area contributed by atoms with E-state index in [1.165, 1.54) is 5.54 Å². The zero-order valence-corrected chi connectivity index (χ0v) is 8.77. The molecule has 0 heterocycles. The molecule has 0 atom stereocenters. The number of benzene rings is 1. The predicted octanol–water partition coefficient (Wildman–Crippen LogP) is 4.21. The molecule has 1 aromatic carbocycles. The number of hydrogen-bond acceptors (Lipinski definition) is 0. The van der Waals surface area contributed by atoms with Gasteiger partial charge in [-0.05, 0) is 29.3 Å². The number of hydrogen-bond donors (Lipinski definition) is 0. The third-order valence-corrected chi connectivity index (χ3v) is 2.13. The Morgan fingerprint density at radius 3 is 2.42 bits per heavy atom. The van der Waals surface area contributed by atoms with Crippen LogP contribution >= 0.6 is 27.5 Å². The highest BCUT2D eigenvalue weighted by Crippen LogP contribution is 2.17. The fourth-order valence-electron chi connectivity index (χ4n) is 0.836. The molecule has 0 bridgehead atoms. The lowest BCUT2D eigenvalue weighted by Crippen LogP contribution is -1.76. The van der Waals surface area contributed by atoms with E-state index in [1.54, 1.807) is 6.08 Å². The fourth-order valence-corrected chi connectivity index (χ4v) is 1.25. The summed E-state index contributed by atoms with van der Waals surface area (Å²) in [6.07, 6.45) is 1.77. The van der Waals surface area contributed by atoms with E-state index in [4.69, 9.17) is 11.6 Å². The summed E-state index contributed by atoms with van der Waals surface area (Å²) >= 11 is 8.79. The van der Waals surface area contributed by atoms with Crippen molar-refractivity contribution >= 4 is 33.1 Å². The molecular formula is C10H8BrCl. The van der Waals surface area contributed by atoms with Gasteiger partial charge in [0.15, 0.2) is 0 Å². The summed E-state index contributed by atoms with van der Waals surface area (Å²) in [6, 6.07) is 7.93. The molecule has 0 unspecified atom stereocenters. The van der Waals surface area contributed by atoms with Crippen molar-refractivity contribution in [3.05, 3.63) is 52.5 Å². The zero-order chi connectivity index (χ0) is 8.97. The predicted molar refractivity (Wildman–Crippen MR) is 58.2 cm³/mol. The Balaban J connectivity index is 2.90. The van der Waals surface area contributed by atoms with Crippen LogP contribution in [0.1, 0.15) is 5.56 Å². The Bertz CT molecular complexity index is 298. The van der Waals surface area contributed by atoms with Crippen molar-refractivity contribution in [2.45, 2.75) is 0 Å². The molecule has 0 fully saturated rings. The summed E-state index contributed by atoms with van der Waals surface area (Å²) in [6.45, 7) is 3.86. The van der Waals surface area contributed by atoms with Crippen molar-refractivity contribution in [2.75, 3.05) is 0 Å². The van der Waals surface area contributed by atoms with Gasteiger partial charge in [0.05, 0.1) is 0 Å². The van der Waals surface area contributed by atoms with Gasteiger partial charge in [0.1, 0.15) is 0 Å². The summed E-state index contributed by atoms with van der Waals surface area (Å²) in [7, 11) is 0. The minimum absolute atomic E-state index is 0.914. The molecule has 1 aromatic rings. The summed E-state index contributed by atoms with van der Waals surface area (Å²) < 4.78 is 1.06. The Kier molecular flexibility index (Phi) is 3.57. The van der Waals surface area contributed by atoms with E-state index in [2.05, 4.69) is 22.5 Å². The van der Waals surface area contributed by atoms with Gasteiger partial charge in [-0.1, -0.05) is 46.2 Å². The van der Waals surface area contributed by atoms with Crippen LogP contribution in [-0.2, 0) is 0 Å². The molecule has 0 aliphatic rings. The lowest BCUT2D eigenvalue weighted by atomic mass is 10.1. The average molecular weight is 244 g/mol. The minimum Gasteiger partial charge on any atom is -0.0929 e. The SMILES string of the molecule is C=C(/C=C/Cl)c1ccc(Br)cc1. The van der Waals surface area contributed by atoms with Crippen molar-refractivity contribution in [3.8, 4) is 0 Å². The highest BCUT2D eigenvalue weighted by atomic mass is 79.9. The van der Waals surface area contributed by atoms with E-state index < -0.39 is 0 Å². The van der Waals surface area contributed by atoms with Crippen LogP contribution in [-0.4, -0.2) is 0 Å². The molecule has 0 aromatic heterocycles. The van der Waals surface area contributed by atoms with Gasteiger partial charge in [-0.15, -0.1) is 0 Å². The lowest BCUT2D eigenvalue weighted by Gasteiger charge is -1.98. The maximum atomic E-state index is 5.43. The highest BCUT2D eigenvalue weighted by molar-refractivity contribution is 9.10. The molecule has 0 aliphatic carbocycles. The van der Waals surface area contributed by atoms with Gasteiger partial charge >= 0.3 is 0 Å². The fraction of sp³-hybridized carbons (Fsp3) is 0. The topological polar surface area (TPSA) is 0 Å². The van der Waals surface area contributed by atoms with E-state index in [1.807, 2.05) is 24.3 Å². The Morgan fingerprint density at radius 2 is 1.92 bits per heavy atom. The zero-order valence-electron chi connectivity index (χ0n) is 6.43. The van der Waals surface area contributed by atoms with Crippen LogP contribution in [0, 0.1) is 0 Å². The lowest BCUT2D eigenvalue weighted by molar-refractivity contribution is 1.59. The molecule has 12 heavy (non-hydrogen) atoms. The molecule has 62 valence electrons. The van der Waals surface area contributed by atoms with Gasteiger partial charge in [0, 0.05) is 10.0 Å². The molecule has 2 heteroatoms. The first-order valence-corrected chi connectivity index (χ1v) is 4.68. The summed E-state index contributed by atoms with van der Waals surface area (Å²) in [4.78, 5) is 0. The third kappa shape index (κ3) is 2.50. The molecule has 0 N–H and O–H groups in total. The maximum Gasteiger partial charge on any atom is 0.0175 e. The average Bonchev–Trinajstić information content (AvgIpc) is 2.06. The van der Waals surface area contributed by atoms with E-state index >= 15 is 0 Å². The van der Waals surface area contributed by atoms with E-state index in [-0.39, 0.29) is 0 Å². The molecule has 0 spiro atoms. The first-order valence-electron chi connectivity index (χ1n) is 3.45.